The van der Waals surface area contributed by atoms with Crippen LogP contribution in [0.4, 0.5) is 0 Å². The van der Waals surface area contributed by atoms with E-state index in [0.29, 0.717) is 30.6 Å². The molecule has 6 heteroatoms. The minimum atomic E-state index is -1.57. The van der Waals surface area contributed by atoms with Gasteiger partial charge >= 0.3 is 11.9 Å². The Balaban J connectivity index is 1.59. The summed E-state index contributed by atoms with van der Waals surface area (Å²) in [6.07, 6.45) is 7.60. The summed E-state index contributed by atoms with van der Waals surface area (Å²) < 4.78 is 11.1. The highest BCUT2D eigenvalue weighted by Crippen LogP contribution is 2.68. The van der Waals surface area contributed by atoms with Crippen molar-refractivity contribution in [2.45, 2.75) is 130 Å². The fourth-order valence-electron chi connectivity index (χ4n) is 9.70. The van der Waals surface area contributed by atoms with Gasteiger partial charge in [-0.3, -0.25) is 14.4 Å². The summed E-state index contributed by atoms with van der Waals surface area (Å²) in [5.41, 5.74) is -2.05. The van der Waals surface area contributed by atoms with Gasteiger partial charge in [0.1, 0.15) is 17.8 Å². The summed E-state index contributed by atoms with van der Waals surface area (Å²) in [5, 5.41) is 12.0. The number of aliphatic hydroxyl groups is 1. The number of esters is 2. The number of fused-ring (bicyclic) bond motifs is 5. The van der Waals surface area contributed by atoms with E-state index >= 15 is 0 Å². The lowest BCUT2D eigenvalue weighted by Crippen LogP contribution is -2.70. The van der Waals surface area contributed by atoms with Crippen molar-refractivity contribution >= 4 is 17.7 Å². The summed E-state index contributed by atoms with van der Waals surface area (Å²) in [6, 6.07) is 0. The minimum Gasteiger partial charge on any atom is -0.459 e. The normalized spacial score (nSPS) is 44.0. The Labute approximate surface area is 223 Å². The van der Waals surface area contributed by atoms with Crippen molar-refractivity contribution in [1.82, 2.24) is 0 Å². The Hall–Kier alpha value is -1.43. The van der Waals surface area contributed by atoms with Crippen LogP contribution in [-0.2, 0) is 23.9 Å². The van der Waals surface area contributed by atoms with Crippen LogP contribution < -0.4 is 0 Å². The summed E-state index contributed by atoms with van der Waals surface area (Å²) in [6.45, 7) is 14.2. The van der Waals surface area contributed by atoms with Crippen LogP contribution in [-0.4, -0.2) is 40.6 Å². The molecule has 0 aromatic heterocycles. The maximum atomic E-state index is 13.8. The topological polar surface area (TPSA) is 89.9 Å². The SMILES string of the molecule is CC(=O)O[C@H]1C[C@]2(C)[C@H]3CC[C@]4(C)[C@@H]([C@H](C)CCCC(C)C)CC[C@H]4[C@@H]3CC(=O)[C@@]2(O)C[C@H]1OC(C)=O. The van der Waals surface area contributed by atoms with Crippen LogP contribution in [0.2, 0.25) is 0 Å². The Morgan fingerprint density at radius 1 is 0.946 bits per heavy atom. The van der Waals surface area contributed by atoms with Crippen molar-refractivity contribution in [1.29, 1.82) is 0 Å². The van der Waals surface area contributed by atoms with E-state index in [4.69, 9.17) is 9.47 Å². The van der Waals surface area contributed by atoms with E-state index in [1.165, 1.54) is 39.5 Å². The van der Waals surface area contributed by atoms with Crippen molar-refractivity contribution in [3.63, 3.8) is 0 Å². The zero-order valence-corrected chi connectivity index (χ0v) is 24.2. The second-order valence-electron chi connectivity index (χ2n) is 14.0. The van der Waals surface area contributed by atoms with Gasteiger partial charge in [-0.25, -0.2) is 0 Å². The highest BCUT2D eigenvalue weighted by molar-refractivity contribution is 5.90. The number of Topliss-reactive ketones (excluding diaryl/α,β-unsaturated/α-hetero) is 1. The molecule has 37 heavy (non-hydrogen) atoms. The van der Waals surface area contributed by atoms with Gasteiger partial charge in [-0.2, -0.15) is 0 Å². The van der Waals surface area contributed by atoms with Crippen molar-refractivity contribution in [3.8, 4) is 0 Å². The highest BCUT2D eigenvalue weighted by atomic mass is 16.6. The predicted molar refractivity (Wildman–Crippen MR) is 141 cm³/mol. The van der Waals surface area contributed by atoms with Crippen LogP contribution in [0.1, 0.15) is 113 Å². The molecule has 4 fully saturated rings. The molecule has 0 radical (unpaired) electrons. The van der Waals surface area contributed by atoms with Gasteiger partial charge in [0.25, 0.3) is 0 Å². The fraction of sp³-hybridized carbons (Fsp3) is 0.903. The molecule has 1 N–H and O–H groups in total. The standard InChI is InChI=1S/C31H50O6/c1-18(2)9-8-10-19(3)23-11-12-24-22-15-28(34)31(35)17-27(37-21(5)33)26(36-20(4)32)16-30(31,7)25(22)13-14-29(23,24)6/h18-19,22-27,35H,8-17H2,1-7H3/t19-,22+,23-,24+,25+,26+,27-,29-,30-,31+/m1/s1. The van der Waals surface area contributed by atoms with Gasteiger partial charge in [0.2, 0.25) is 0 Å². The molecule has 4 rings (SSSR count). The molecule has 0 spiro atoms. The quantitative estimate of drug-likeness (QED) is 0.424. The first-order valence-electron chi connectivity index (χ1n) is 14.8. The van der Waals surface area contributed by atoms with Crippen LogP contribution in [0, 0.1) is 46.3 Å². The van der Waals surface area contributed by atoms with E-state index in [9.17, 15) is 19.5 Å². The highest BCUT2D eigenvalue weighted by Gasteiger charge is 2.69. The maximum Gasteiger partial charge on any atom is 0.303 e. The van der Waals surface area contributed by atoms with E-state index in [-0.39, 0.29) is 29.5 Å². The third kappa shape index (κ3) is 4.89. The molecule has 0 unspecified atom stereocenters. The first-order chi connectivity index (χ1) is 17.2. The van der Waals surface area contributed by atoms with Gasteiger partial charge in [0.05, 0.1) is 0 Å². The molecule has 0 amide bonds. The summed E-state index contributed by atoms with van der Waals surface area (Å²) >= 11 is 0. The third-order valence-electron chi connectivity index (χ3n) is 11.5. The average Bonchev–Trinajstić information content (AvgIpc) is 3.13. The Morgan fingerprint density at radius 2 is 1.57 bits per heavy atom. The van der Waals surface area contributed by atoms with Gasteiger partial charge in [-0.1, -0.05) is 53.9 Å². The lowest BCUT2D eigenvalue weighted by molar-refractivity contribution is -0.238. The largest absolute Gasteiger partial charge is 0.459 e. The Morgan fingerprint density at radius 3 is 2.16 bits per heavy atom. The van der Waals surface area contributed by atoms with E-state index in [2.05, 4.69) is 27.7 Å². The molecule has 0 heterocycles. The van der Waals surface area contributed by atoms with Crippen molar-refractivity contribution in [2.24, 2.45) is 46.3 Å². The number of carbonyl (C=O) groups excluding carboxylic acids is 3. The summed E-state index contributed by atoms with van der Waals surface area (Å²) in [4.78, 5) is 37.5. The van der Waals surface area contributed by atoms with E-state index in [0.717, 1.165) is 25.2 Å². The molecule has 4 aliphatic carbocycles. The lowest BCUT2D eigenvalue weighted by atomic mass is 9.42. The number of rotatable bonds is 7. The van der Waals surface area contributed by atoms with Crippen LogP contribution in [0.15, 0.2) is 0 Å². The zero-order chi connectivity index (χ0) is 27.3. The zero-order valence-electron chi connectivity index (χ0n) is 24.2. The molecule has 6 nitrogen and oxygen atoms in total. The molecule has 0 bridgehead atoms. The van der Waals surface area contributed by atoms with Crippen molar-refractivity contribution in [3.05, 3.63) is 0 Å². The van der Waals surface area contributed by atoms with E-state index in [1.807, 2.05) is 6.92 Å². The summed E-state index contributed by atoms with van der Waals surface area (Å²) in [7, 11) is 0. The Kier molecular flexibility index (Phi) is 7.94. The first-order valence-corrected chi connectivity index (χ1v) is 14.8. The average molecular weight is 519 g/mol. The third-order valence-corrected chi connectivity index (χ3v) is 11.5. The van der Waals surface area contributed by atoms with Gasteiger partial charge < -0.3 is 14.6 Å². The predicted octanol–water partition coefficient (Wildman–Crippen LogP) is 5.87. The number of ether oxygens (including phenoxy) is 2. The lowest BCUT2D eigenvalue weighted by Gasteiger charge is -2.63. The summed E-state index contributed by atoms with van der Waals surface area (Å²) in [5.74, 6) is 1.97. The van der Waals surface area contributed by atoms with Crippen molar-refractivity contribution in [2.75, 3.05) is 0 Å². The molecular weight excluding hydrogens is 468 g/mol. The first kappa shape index (κ1) is 28.6. The molecule has 0 aromatic carbocycles. The molecule has 10 atom stereocenters. The number of hydrogen-bond donors (Lipinski definition) is 1. The number of hydrogen-bond acceptors (Lipinski definition) is 6. The number of carbonyl (C=O) groups is 3. The van der Waals surface area contributed by atoms with Gasteiger partial charge in [0, 0.05) is 32.1 Å². The van der Waals surface area contributed by atoms with Crippen LogP contribution in [0.5, 0.6) is 0 Å². The van der Waals surface area contributed by atoms with E-state index in [1.54, 1.807) is 0 Å². The minimum absolute atomic E-state index is 0.000521. The van der Waals surface area contributed by atoms with Gasteiger partial charge in [-0.05, 0) is 73.0 Å². The van der Waals surface area contributed by atoms with Crippen LogP contribution in [0.3, 0.4) is 0 Å². The Bertz CT molecular complexity index is 898. The molecule has 0 saturated heterocycles. The van der Waals surface area contributed by atoms with E-state index < -0.39 is 35.2 Å². The maximum absolute atomic E-state index is 13.8. The molecular formula is C31H50O6. The van der Waals surface area contributed by atoms with Crippen LogP contribution >= 0.6 is 0 Å². The molecule has 4 aliphatic rings. The monoisotopic (exact) mass is 518 g/mol. The van der Waals surface area contributed by atoms with Gasteiger partial charge in [0.15, 0.2) is 5.78 Å². The smallest absolute Gasteiger partial charge is 0.303 e. The molecule has 4 saturated carbocycles. The molecule has 210 valence electrons. The van der Waals surface area contributed by atoms with Crippen LogP contribution in [0.25, 0.3) is 0 Å². The fourth-order valence-corrected chi connectivity index (χ4v) is 9.70. The molecule has 0 aromatic rings. The van der Waals surface area contributed by atoms with Gasteiger partial charge in [-0.15, -0.1) is 0 Å². The number of ketones is 1. The molecule has 0 aliphatic heterocycles. The van der Waals surface area contributed by atoms with Crippen molar-refractivity contribution < 1.29 is 29.0 Å². The second-order valence-corrected chi connectivity index (χ2v) is 14.0. The second kappa shape index (κ2) is 10.3.